The van der Waals surface area contributed by atoms with E-state index in [4.69, 9.17) is 9.47 Å². The maximum absolute atomic E-state index is 10.0. The van der Waals surface area contributed by atoms with Crippen molar-refractivity contribution in [2.24, 2.45) is 0 Å². The van der Waals surface area contributed by atoms with Gasteiger partial charge in [0.05, 0.1) is 13.2 Å². The van der Waals surface area contributed by atoms with Crippen molar-refractivity contribution in [2.75, 3.05) is 13.7 Å². The van der Waals surface area contributed by atoms with Crippen LogP contribution in [0.1, 0.15) is 28.3 Å². The second-order valence-electron chi connectivity index (χ2n) is 6.83. The van der Waals surface area contributed by atoms with E-state index in [2.05, 4.69) is 5.32 Å². The van der Waals surface area contributed by atoms with E-state index in [1.54, 1.807) is 19.2 Å². The molecule has 0 amide bonds. The molecule has 0 saturated carbocycles. The SMILES string of the molecule is COc1cccc(C2NCCc3cc(O)c(O)cc32)c1OCc1ccccc1. The van der Waals surface area contributed by atoms with Crippen molar-refractivity contribution < 1.29 is 19.7 Å². The molecular weight excluding hydrogens is 354 g/mol. The third-order valence-electron chi connectivity index (χ3n) is 5.06. The Morgan fingerprint density at radius 1 is 0.964 bits per heavy atom. The Morgan fingerprint density at radius 3 is 2.54 bits per heavy atom. The van der Waals surface area contributed by atoms with Gasteiger partial charge in [-0.25, -0.2) is 0 Å². The van der Waals surface area contributed by atoms with E-state index in [9.17, 15) is 10.2 Å². The molecule has 0 spiro atoms. The minimum absolute atomic E-state index is 0.0920. The van der Waals surface area contributed by atoms with E-state index in [1.165, 1.54) is 0 Å². The van der Waals surface area contributed by atoms with Gasteiger partial charge in [-0.05, 0) is 41.3 Å². The molecule has 0 aliphatic carbocycles. The molecule has 3 aromatic rings. The number of rotatable bonds is 5. The Hall–Kier alpha value is -3.18. The van der Waals surface area contributed by atoms with Gasteiger partial charge in [0.15, 0.2) is 23.0 Å². The van der Waals surface area contributed by atoms with Gasteiger partial charge in [0.25, 0.3) is 0 Å². The van der Waals surface area contributed by atoms with Gasteiger partial charge >= 0.3 is 0 Å². The van der Waals surface area contributed by atoms with Crippen molar-refractivity contribution in [3.8, 4) is 23.0 Å². The molecule has 5 nitrogen and oxygen atoms in total. The van der Waals surface area contributed by atoms with Crippen molar-refractivity contribution in [1.29, 1.82) is 0 Å². The van der Waals surface area contributed by atoms with E-state index >= 15 is 0 Å². The second kappa shape index (κ2) is 7.82. The molecule has 1 aliphatic heterocycles. The smallest absolute Gasteiger partial charge is 0.166 e. The summed E-state index contributed by atoms with van der Waals surface area (Å²) < 4.78 is 11.7. The van der Waals surface area contributed by atoms with Gasteiger partial charge in [0, 0.05) is 12.1 Å². The second-order valence-corrected chi connectivity index (χ2v) is 6.83. The molecule has 0 bridgehead atoms. The summed E-state index contributed by atoms with van der Waals surface area (Å²) in [7, 11) is 1.63. The maximum Gasteiger partial charge on any atom is 0.166 e. The lowest BCUT2D eigenvalue weighted by Gasteiger charge is -2.29. The number of methoxy groups -OCH3 is 1. The summed E-state index contributed by atoms with van der Waals surface area (Å²) in [6.07, 6.45) is 0.782. The fourth-order valence-electron chi connectivity index (χ4n) is 3.67. The summed E-state index contributed by atoms with van der Waals surface area (Å²) in [6.45, 7) is 1.19. The number of para-hydroxylation sites is 1. The molecule has 3 aromatic carbocycles. The van der Waals surface area contributed by atoms with Crippen LogP contribution in [-0.2, 0) is 13.0 Å². The zero-order valence-corrected chi connectivity index (χ0v) is 15.7. The highest BCUT2D eigenvalue weighted by Gasteiger charge is 2.27. The summed E-state index contributed by atoms with van der Waals surface area (Å²) in [5, 5.41) is 23.4. The highest BCUT2D eigenvalue weighted by atomic mass is 16.5. The summed E-state index contributed by atoms with van der Waals surface area (Å²) in [6, 6.07) is 18.9. The summed E-state index contributed by atoms with van der Waals surface area (Å²) >= 11 is 0. The lowest BCUT2D eigenvalue weighted by atomic mass is 9.89. The first-order valence-corrected chi connectivity index (χ1v) is 9.29. The van der Waals surface area contributed by atoms with Crippen molar-refractivity contribution in [3.05, 3.63) is 82.9 Å². The first-order chi connectivity index (χ1) is 13.7. The summed E-state index contributed by atoms with van der Waals surface area (Å²) in [4.78, 5) is 0. The van der Waals surface area contributed by atoms with Crippen LogP contribution in [0, 0.1) is 0 Å². The Bertz CT molecular complexity index is 972. The number of benzene rings is 3. The standard InChI is InChI=1S/C23H23NO4/c1-27-21-9-5-8-17(23(21)28-14-15-6-3-2-4-7-15)22-18-13-20(26)19(25)12-16(18)10-11-24-22/h2-9,12-13,22,24-26H,10-11,14H2,1H3. The van der Waals surface area contributed by atoms with E-state index in [-0.39, 0.29) is 17.5 Å². The van der Waals surface area contributed by atoms with Crippen LogP contribution < -0.4 is 14.8 Å². The lowest BCUT2D eigenvalue weighted by Crippen LogP contribution is -2.31. The topological polar surface area (TPSA) is 71.0 Å². The molecule has 0 radical (unpaired) electrons. The minimum Gasteiger partial charge on any atom is -0.504 e. The van der Waals surface area contributed by atoms with Gasteiger partial charge in [-0.3, -0.25) is 0 Å². The van der Waals surface area contributed by atoms with Crippen LogP contribution in [0.3, 0.4) is 0 Å². The van der Waals surface area contributed by atoms with Crippen LogP contribution in [-0.4, -0.2) is 23.9 Å². The molecule has 3 N–H and O–H groups in total. The molecule has 0 saturated heterocycles. The first kappa shape index (κ1) is 18.2. The number of hydrogen-bond donors (Lipinski definition) is 3. The molecule has 0 fully saturated rings. The van der Waals surface area contributed by atoms with Gasteiger partial charge in [-0.15, -0.1) is 0 Å². The third kappa shape index (κ3) is 3.49. The third-order valence-corrected chi connectivity index (χ3v) is 5.06. The van der Waals surface area contributed by atoms with Crippen LogP contribution in [0.15, 0.2) is 60.7 Å². The molecule has 1 aliphatic rings. The molecule has 144 valence electrons. The van der Waals surface area contributed by atoms with Gasteiger partial charge < -0.3 is 25.0 Å². The van der Waals surface area contributed by atoms with Crippen LogP contribution in [0.4, 0.5) is 0 Å². The number of ether oxygens (including phenoxy) is 2. The van der Waals surface area contributed by atoms with Gasteiger partial charge in [-0.2, -0.15) is 0 Å². The van der Waals surface area contributed by atoms with Gasteiger partial charge in [-0.1, -0.05) is 42.5 Å². The predicted octanol–water partition coefficient (Wildman–Crippen LogP) is 3.92. The molecule has 0 aromatic heterocycles. The van der Waals surface area contributed by atoms with Crippen molar-refractivity contribution in [1.82, 2.24) is 5.32 Å². The normalized spacial score (nSPS) is 15.7. The quantitative estimate of drug-likeness (QED) is 0.588. The van der Waals surface area contributed by atoms with Crippen LogP contribution in [0.25, 0.3) is 0 Å². The van der Waals surface area contributed by atoms with Crippen molar-refractivity contribution in [3.63, 3.8) is 0 Å². The maximum atomic E-state index is 10.0. The van der Waals surface area contributed by atoms with Crippen LogP contribution in [0.2, 0.25) is 0 Å². The van der Waals surface area contributed by atoms with Crippen molar-refractivity contribution >= 4 is 0 Å². The Labute approximate surface area is 164 Å². The zero-order valence-electron chi connectivity index (χ0n) is 15.7. The molecule has 1 unspecified atom stereocenters. The number of hydrogen-bond acceptors (Lipinski definition) is 5. The molecule has 4 rings (SSSR count). The Kier molecular flexibility index (Phi) is 5.08. The fraction of sp³-hybridized carbons (Fsp3) is 0.217. The van der Waals surface area contributed by atoms with Crippen LogP contribution >= 0.6 is 0 Å². The molecule has 28 heavy (non-hydrogen) atoms. The first-order valence-electron chi connectivity index (χ1n) is 9.29. The van der Waals surface area contributed by atoms with E-state index in [1.807, 2.05) is 48.5 Å². The average Bonchev–Trinajstić information content (AvgIpc) is 2.73. The van der Waals surface area contributed by atoms with Crippen molar-refractivity contribution in [2.45, 2.75) is 19.1 Å². The molecule has 1 heterocycles. The molecule has 5 heteroatoms. The number of fused-ring (bicyclic) bond motifs is 1. The number of phenols is 2. The lowest BCUT2D eigenvalue weighted by molar-refractivity contribution is 0.279. The zero-order chi connectivity index (χ0) is 19.5. The predicted molar refractivity (Wildman–Crippen MR) is 107 cm³/mol. The molecular formula is C23H23NO4. The van der Waals surface area contributed by atoms with E-state index in [0.29, 0.717) is 18.1 Å². The van der Waals surface area contributed by atoms with E-state index in [0.717, 1.165) is 35.2 Å². The van der Waals surface area contributed by atoms with Crippen LogP contribution in [0.5, 0.6) is 23.0 Å². The summed E-state index contributed by atoms with van der Waals surface area (Å²) in [5.74, 6) is 1.12. The average molecular weight is 377 g/mol. The molecule has 1 atom stereocenters. The van der Waals surface area contributed by atoms with Gasteiger partial charge in [0.1, 0.15) is 6.61 Å². The Balaban J connectivity index is 1.74. The number of phenolic OH excluding ortho intramolecular Hbond substituents is 2. The highest BCUT2D eigenvalue weighted by Crippen LogP contribution is 2.42. The van der Waals surface area contributed by atoms with Gasteiger partial charge in [0.2, 0.25) is 0 Å². The minimum atomic E-state index is -0.170. The number of aromatic hydroxyl groups is 2. The Morgan fingerprint density at radius 2 is 1.75 bits per heavy atom. The largest absolute Gasteiger partial charge is 0.504 e. The number of nitrogens with one attached hydrogen (secondary N) is 1. The summed E-state index contributed by atoms with van der Waals surface area (Å²) in [5.41, 5.74) is 3.94. The highest BCUT2D eigenvalue weighted by molar-refractivity contribution is 5.55. The monoisotopic (exact) mass is 377 g/mol. The fourth-order valence-corrected chi connectivity index (χ4v) is 3.67. The van der Waals surface area contributed by atoms with E-state index < -0.39 is 0 Å².